The Balaban J connectivity index is 2.04. The van der Waals surface area contributed by atoms with Crippen LogP contribution in [0.4, 0.5) is 5.82 Å². The van der Waals surface area contributed by atoms with E-state index in [1.54, 1.807) is 0 Å². The number of guanidine groups is 1. The van der Waals surface area contributed by atoms with Gasteiger partial charge in [-0.15, -0.1) is 0 Å². The number of nitrogens with zero attached hydrogens (tertiary/aromatic N) is 3. The van der Waals surface area contributed by atoms with Crippen LogP contribution in [0.5, 0.6) is 0 Å². The number of hydrogen-bond donors (Lipinski definition) is 2. The van der Waals surface area contributed by atoms with Crippen LogP contribution >= 0.6 is 0 Å². The third-order valence-corrected chi connectivity index (χ3v) is 3.58. The van der Waals surface area contributed by atoms with Crippen molar-refractivity contribution in [1.29, 1.82) is 0 Å². The maximum Gasteiger partial charge on any atom is 0.191 e. The maximum atomic E-state index is 4.67. The summed E-state index contributed by atoms with van der Waals surface area (Å²) < 4.78 is 0. The van der Waals surface area contributed by atoms with Gasteiger partial charge in [0.2, 0.25) is 0 Å². The first-order valence-corrected chi connectivity index (χ1v) is 8.29. The van der Waals surface area contributed by atoms with Gasteiger partial charge in [-0.05, 0) is 25.5 Å². The molecule has 1 heterocycles. The van der Waals surface area contributed by atoms with E-state index in [2.05, 4.69) is 64.8 Å². The molecule has 0 atom stereocenters. The molecule has 0 radical (unpaired) electrons. The van der Waals surface area contributed by atoms with E-state index in [1.165, 1.54) is 11.1 Å². The van der Waals surface area contributed by atoms with Crippen LogP contribution in [0.1, 0.15) is 23.6 Å². The van der Waals surface area contributed by atoms with E-state index < -0.39 is 0 Å². The average Bonchev–Trinajstić information content (AvgIpc) is 2.57. The van der Waals surface area contributed by atoms with Crippen LogP contribution in [-0.2, 0) is 13.1 Å². The van der Waals surface area contributed by atoms with Crippen molar-refractivity contribution in [3.8, 4) is 0 Å². The smallest absolute Gasteiger partial charge is 0.191 e. The van der Waals surface area contributed by atoms with Crippen molar-refractivity contribution in [2.45, 2.75) is 26.9 Å². The molecule has 0 spiro atoms. The molecule has 2 rings (SSSR count). The van der Waals surface area contributed by atoms with E-state index in [0.717, 1.165) is 23.9 Å². The van der Waals surface area contributed by atoms with Crippen LogP contribution in [0.25, 0.3) is 0 Å². The molecule has 24 heavy (non-hydrogen) atoms. The summed E-state index contributed by atoms with van der Waals surface area (Å²) >= 11 is 0. The van der Waals surface area contributed by atoms with Crippen LogP contribution in [0.3, 0.4) is 0 Å². The first-order valence-electron chi connectivity index (χ1n) is 8.29. The highest BCUT2D eigenvalue weighted by Crippen LogP contribution is 2.13. The quantitative estimate of drug-likeness (QED) is 0.633. The van der Waals surface area contributed by atoms with Crippen molar-refractivity contribution >= 4 is 11.8 Å². The topological polar surface area (TPSA) is 52.6 Å². The summed E-state index contributed by atoms with van der Waals surface area (Å²) in [5.41, 5.74) is 3.61. The number of pyridine rings is 1. The fourth-order valence-corrected chi connectivity index (χ4v) is 2.47. The molecular weight excluding hydrogens is 298 g/mol. The molecule has 0 aliphatic heterocycles. The largest absolute Gasteiger partial charge is 0.362 e. The highest BCUT2D eigenvalue weighted by molar-refractivity contribution is 5.79. The van der Waals surface area contributed by atoms with Gasteiger partial charge in [0, 0.05) is 38.9 Å². The summed E-state index contributed by atoms with van der Waals surface area (Å²) in [6, 6.07) is 12.5. The van der Waals surface area contributed by atoms with E-state index in [0.29, 0.717) is 13.1 Å². The van der Waals surface area contributed by atoms with Crippen LogP contribution in [0, 0.1) is 6.92 Å². The van der Waals surface area contributed by atoms with Gasteiger partial charge in [-0.3, -0.25) is 0 Å². The molecule has 128 valence electrons. The van der Waals surface area contributed by atoms with E-state index in [1.807, 2.05) is 31.3 Å². The van der Waals surface area contributed by atoms with Crippen molar-refractivity contribution in [1.82, 2.24) is 15.6 Å². The first-order chi connectivity index (χ1) is 11.6. The van der Waals surface area contributed by atoms with Crippen molar-refractivity contribution in [2.24, 2.45) is 4.99 Å². The van der Waals surface area contributed by atoms with E-state index in [4.69, 9.17) is 0 Å². The van der Waals surface area contributed by atoms with Gasteiger partial charge in [-0.2, -0.15) is 0 Å². The lowest BCUT2D eigenvalue weighted by Gasteiger charge is -2.17. The Bertz CT molecular complexity index is 679. The lowest BCUT2D eigenvalue weighted by Crippen LogP contribution is -2.37. The predicted octanol–water partition coefficient (Wildman–Crippen LogP) is 2.71. The molecule has 0 aliphatic carbocycles. The first kappa shape index (κ1) is 17.8. The zero-order chi connectivity index (χ0) is 17.4. The van der Waals surface area contributed by atoms with Crippen LogP contribution in [0.15, 0.2) is 47.6 Å². The summed E-state index contributed by atoms with van der Waals surface area (Å²) in [4.78, 5) is 11.1. The number of aryl methyl sites for hydroxylation is 1. The molecule has 1 aromatic carbocycles. The van der Waals surface area contributed by atoms with Crippen molar-refractivity contribution in [3.05, 3.63) is 59.3 Å². The molecule has 5 nitrogen and oxygen atoms in total. The zero-order valence-corrected chi connectivity index (χ0v) is 15.0. The third kappa shape index (κ3) is 5.26. The minimum absolute atomic E-state index is 0.657. The number of rotatable bonds is 6. The molecule has 0 fully saturated rings. The Morgan fingerprint density at radius 2 is 2.00 bits per heavy atom. The summed E-state index contributed by atoms with van der Waals surface area (Å²) in [7, 11) is 4.01. The molecule has 0 saturated carbocycles. The van der Waals surface area contributed by atoms with Crippen LogP contribution < -0.4 is 15.5 Å². The van der Waals surface area contributed by atoms with Gasteiger partial charge in [-0.1, -0.05) is 35.9 Å². The Labute approximate surface area is 144 Å². The normalized spacial score (nSPS) is 11.2. The predicted molar refractivity (Wildman–Crippen MR) is 101 cm³/mol. The number of hydrogen-bond acceptors (Lipinski definition) is 3. The lowest BCUT2D eigenvalue weighted by molar-refractivity contribution is 0.810. The Morgan fingerprint density at radius 3 is 2.71 bits per heavy atom. The number of anilines is 1. The second kappa shape index (κ2) is 8.91. The number of aromatic nitrogens is 1. The molecule has 0 bridgehead atoms. The molecule has 0 aliphatic rings. The monoisotopic (exact) mass is 325 g/mol. The van der Waals surface area contributed by atoms with Crippen LogP contribution in [-0.4, -0.2) is 31.6 Å². The van der Waals surface area contributed by atoms with Gasteiger partial charge < -0.3 is 15.5 Å². The van der Waals surface area contributed by atoms with Gasteiger partial charge in [0.25, 0.3) is 0 Å². The molecule has 0 unspecified atom stereocenters. The molecule has 1 aromatic heterocycles. The SMILES string of the molecule is CCNC(=NCc1cccc(C)c1)NCc1cccnc1N(C)C. The van der Waals surface area contributed by atoms with E-state index in [-0.39, 0.29) is 0 Å². The van der Waals surface area contributed by atoms with Gasteiger partial charge in [-0.25, -0.2) is 9.98 Å². The number of benzene rings is 1. The molecule has 5 heteroatoms. The standard InChI is InChI=1S/C19H27N5/c1-5-20-19(22-13-16-9-6-8-15(2)12-16)23-14-17-10-7-11-21-18(17)24(3)4/h6-12H,5,13-14H2,1-4H3,(H2,20,22,23). The van der Waals surface area contributed by atoms with Crippen molar-refractivity contribution in [3.63, 3.8) is 0 Å². The zero-order valence-electron chi connectivity index (χ0n) is 15.0. The second-order valence-corrected chi connectivity index (χ2v) is 5.92. The summed E-state index contributed by atoms with van der Waals surface area (Å²) in [5.74, 6) is 1.78. The summed E-state index contributed by atoms with van der Waals surface area (Å²) in [5, 5.41) is 6.68. The fraction of sp³-hybridized carbons (Fsp3) is 0.368. The molecule has 2 N–H and O–H groups in total. The lowest BCUT2D eigenvalue weighted by atomic mass is 10.1. The van der Waals surface area contributed by atoms with E-state index >= 15 is 0 Å². The Kier molecular flexibility index (Phi) is 6.61. The van der Waals surface area contributed by atoms with Crippen LogP contribution in [0.2, 0.25) is 0 Å². The fourth-order valence-electron chi connectivity index (χ4n) is 2.47. The maximum absolute atomic E-state index is 4.67. The third-order valence-electron chi connectivity index (χ3n) is 3.58. The summed E-state index contributed by atoms with van der Waals surface area (Å²) in [6.07, 6.45) is 1.82. The van der Waals surface area contributed by atoms with Crippen molar-refractivity contribution < 1.29 is 0 Å². The molecular formula is C19H27N5. The van der Waals surface area contributed by atoms with Crippen molar-refractivity contribution in [2.75, 3.05) is 25.5 Å². The minimum atomic E-state index is 0.657. The Morgan fingerprint density at radius 1 is 1.17 bits per heavy atom. The van der Waals surface area contributed by atoms with Gasteiger partial charge in [0.05, 0.1) is 6.54 Å². The number of aliphatic imine (C=N–C) groups is 1. The summed E-state index contributed by atoms with van der Waals surface area (Å²) in [6.45, 7) is 6.33. The molecule has 0 amide bonds. The minimum Gasteiger partial charge on any atom is -0.362 e. The second-order valence-electron chi connectivity index (χ2n) is 5.92. The van der Waals surface area contributed by atoms with Gasteiger partial charge in [0.15, 0.2) is 5.96 Å². The van der Waals surface area contributed by atoms with Gasteiger partial charge >= 0.3 is 0 Å². The van der Waals surface area contributed by atoms with Gasteiger partial charge in [0.1, 0.15) is 5.82 Å². The Hall–Kier alpha value is -2.56. The van der Waals surface area contributed by atoms with E-state index in [9.17, 15) is 0 Å². The number of nitrogens with one attached hydrogen (secondary N) is 2. The molecule has 0 saturated heterocycles. The highest BCUT2D eigenvalue weighted by Gasteiger charge is 2.06. The molecule has 2 aromatic rings. The average molecular weight is 325 g/mol. The highest BCUT2D eigenvalue weighted by atomic mass is 15.2.